The minimum absolute atomic E-state index is 0.0529. The Morgan fingerprint density at radius 2 is 2.24 bits per heavy atom. The van der Waals surface area contributed by atoms with Gasteiger partial charge in [-0.25, -0.2) is 0 Å². The van der Waals surface area contributed by atoms with Crippen LogP contribution in [0.4, 0.5) is 11.4 Å². The predicted octanol–water partition coefficient (Wildman–Crippen LogP) is 3.36. The number of thioether (sulfide) groups is 3. The van der Waals surface area contributed by atoms with Gasteiger partial charge in [-0.05, 0) is 37.7 Å². The van der Waals surface area contributed by atoms with Crippen LogP contribution in [-0.4, -0.2) is 27.8 Å². The van der Waals surface area contributed by atoms with E-state index in [1.54, 1.807) is 23.5 Å². The fraction of sp³-hybridized carbons (Fsp3) is 0.500. The molecular weight excluding hydrogens is 322 g/mol. The lowest BCUT2D eigenvalue weighted by molar-refractivity contribution is -0.120. The highest BCUT2D eigenvalue weighted by molar-refractivity contribution is 8.01. The second-order valence-corrected chi connectivity index (χ2v) is 9.18. The lowest BCUT2D eigenvalue weighted by Gasteiger charge is -2.15. The van der Waals surface area contributed by atoms with Crippen molar-refractivity contribution < 1.29 is 4.79 Å². The first-order chi connectivity index (χ1) is 10.2. The minimum atomic E-state index is -0.0529. The SMILES string of the molecule is CC1Nc2c(ccc3c2SC(NC(=O)C2CCCS2)N3)S1. The molecule has 1 fully saturated rings. The molecule has 3 heterocycles. The van der Waals surface area contributed by atoms with E-state index in [-0.39, 0.29) is 16.7 Å². The molecule has 112 valence electrons. The van der Waals surface area contributed by atoms with Crippen molar-refractivity contribution in [3.63, 3.8) is 0 Å². The maximum absolute atomic E-state index is 12.2. The lowest BCUT2D eigenvalue weighted by Crippen LogP contribution is -2.40. The number of carbonyl (C=O) groups is 1. The first-order valence-corrected chi connectivity index (χ1v) is 9.97. The number of amides is 1. The Labute approximate surface area is 137 Å². The summed E-state index contributed by atoms with van der Waals surface area (Å²) in [7, 11) is 0. The quantitative estimate of drug-likeness (QED) is 0.768. The van der Waals surface area contributed by atoms with Crippen molar-refractivity contribution in [1.29, 1.82) is 0 Å². The fourth-order valence-corrected chi connectivity index (χ4v) is 6.18. The number of anilines is 2. The van der Waals surface area contributed by atoms with Crippen LogP contribution in [-0.2, 0) is 4.79 Å². The zero-order valence-corrected chi connectivity index (χ0v) is 14.1. The normalized spacial score (nSPS) is 29.5. The number of rotatable bonds is 2. The average molecular weight is 340 g/mol. The van der Waals surface area contributed by atoms with E-state index >= 15 is 0 Å². The maximum atomic E-state index is 12.2. The van der Waals surface area contributed by atoms with Gasteiger partial charge in [-0.1, -0.05) is 23.5 Å². The first kappa shape index (κ1) is 14.0. The number of hydrogen-bond donors (Lipinski definition) is 3. The van der Waals surface area contributed by atoms with Crippen molar-refractivity contribution in [1.82, 2.24) is 5.32 Å². The molecule has 1 saturated heterocycles. The van der Waals surface area contributed by atoms with Gasteiger partial charge in [0.25, 0.3) is 0 Å². The van der Waals surface area contributed by atoms with Gasteiger partial charge >= 0.3 is 0 Å². The highest BCUT2D eigenvalue weighted by Gasteiger charge is 2.32. The van der Waals surface area contributed by atoms with E-state index in [1.165, 1.54) is 15.5 Å². The molecule has 0 spiro atoms. The summed E-state index contributed by atoms with van der Waals surface area (Å²) in [5, 5.41) is 10.6. The second kappa shape index (κ2) is 5.52. The molecule has 21 heavy (non-hydrogen) atoms. The Morgan fingerprint density at radius 1 is 1.33 bits per heavy atom. The van der Waals surface area contributed by atoms with Crippen LogP contribution in [0.15, 0.2) is 21.9 Å². The van der Waals surface area contributed by atoms with Crippen LogP contribution in [0.25, 0.3) is 0 Å². The fourth-order valence-electron chi connectivity index (χ4n) is 2.82. The first-order valence-electron chi connectivity index (χ1n) is 7.16. The Balaban J connectivity index is 1.47. The molecule has 3 aliphatic heterocycles. The molecule has 4 rings (SSSR count). The Morgan fingerprint density at radius 3 is 3.05 bits per heavy atom. The third kappa shape index (κ3) is 2.59. The van der Waals surface area contributed by atoms with Crippen molar-refractivity contribution >= 4 is 52.6 Å². The average Bonchev–Trinajstić information content (AvgIpc) is 3.14. The summed E-state index contributed by atoms with van der Waals surface area (Å²) >= 11 is 5.33. The van der Waals surface area contributed by atoms with Crippen LogP contribution in [0.3, 0.4) is 0 Å². The van der Waals surface area contributed by atoms with Crippen molar-refractivity contribution in [2.75, 3.05) is 16.4 Å². The van der Waals surface area contributed by atoms with Gasteiger partial charge in [0.15, 0.2) is 5.50 Å². The molecule has 0 saturated carbocycles. The van der Waals surface area contributed by atoms with Gasteiger partial charge in [-0.15, -0.1) is 11.8 Å². The molecule has 3 atom stereocenters. The molecule has 0 bridgehead atoms. The van der Waals surface area contributed by atoms with Crippen LogP contribution in [0.2, 0.25) is 0 Å². The molecule has 0 aromatic heterocycles. The van der Waals surface area contributed by atoms with Crippen molar-refractivity contribution in [3.05, 3.63) is 12.1 Å². The molecule has 1 amide bonds. The molecule has 3 aliphatic rings. The molecule has 0 radical (unpaired) electrons. The van der Waals surface area contributed by atoms with E-state index in [4.69, 9.17) is 0 Å². The van der Waals surface area contributed by atoms with Crippen LogP contribution in [0, 0.1) is 0 Å². The van der Waals surface area contributed by atoms with Gasteiger partial charge in [0, 0.05) is 4.90 Å². The van der Waals surface area contributed by atoms with Crippen molar-refractivity contribution in [2.24, 2.45) is 0 Å². The van der Waals surface area contributed by atoms with E-state index in [9.17, 15) is 4.79 Å². The van der Waals surface area contributed by atoms with Gasteiger partial charge in [0.2, 0.25) is 5.91 Å². The minimum Gasteiger partial charge on any atom is -0.371 e. The largest absolute Gasteiger partial charge is 0.371 e. The van der Waals surface area contributed by atoms with Gasteiger partial charge in [0.05, 0.1) is 26.9 Å². The summed E-state index contributed by atoms with van der Waals surface area (Å²) in [6, 6.07) is 4.27. The number of nitrogens with one attached hydrogen (secondary N) is 3. The third-order valence-corrected chi connectivity index (χ3v) is 7.36. The molecule has 1 aromatic carbocycles. The van der Waals surface area contributed by atoms with Crippen LogP contribution in [0.5, 0.6) is 0 Å². The molecule has 7 heteroatoms. The highest BCUT2D eigenvalue weighted by atomic mass is 32.2. The summed E-state index contributed by atoms with van der Waals surface area (Å²) in [5.74, 6) is 1.28. The number of benzene rings is 1. The van der Waals surface area contributed by atoms with Crippen LogP contribution in [0.1, 0.15) is 19.8 Å². The molecule has 0 aliphatic carbocycles. The van der Waals surface area contributed by atoms with Crippen molar-refractivity contribution in [3.8, 4) is 0 Å². The molecule has 1 aromatic rings. The van der Waals surface area contributed by atoms with Crippen LogP contribution >= 0.6 is 35.3 Å². The molecule has 4 nitrogen and oxygen atoms in total. The monoisotopic (exact) mass is 339 g/mol. The Kier molecular flexibility index (Phi) is 3.67. The highest BCUT2D eigenvalue weighted by Crippen LogP contribution is 2.50. The zero-order chi connectivity index (χ0) is 14.4. The smallest absolute Gasteiger partial charge is 0.235 e. The molecule has 3 unspecified atom stereocenters. The third-order valence-electron chi connectivity index (χ3n) is 3.79. The van der Waals surface area contributed by atoms with E-state index in [0.717, 1.165) is 24.3 Å². The van der Waals surface area contributed by atoms with E-state index in [1.807, 2.05) is 11.8 Å². The van der Waals surface area contributed by atoms with Gasteiger partial charge in [0.1, 0.15) is 0 Å². The summed E-state index contributed by atoms with van der Waals surface area (Å²) in [6.45, 7) is 2.17. The zero-order valence-electron chi connectivity index (χ0n) is 11.6. The predicted molar refractivity (Wildman–Crippen MR) is 92.3 cm³/mol. The van der Waals surface area contributed by atoms with Gasteiger partial charge in [-0.3, -0.25) is 4.79 Å². The second-order valence-electron chi connectivity index (χ2n) is 5.37. The maximum Gasteiger partial charge on any atom is 0.235 e. The number of carbonyl (C=O) groups excluding carboxylic acids is 1. The lowest BCUT2D eigenvalue weighted by atomic mass is 10.2. The van der Waals surface area contributed by atoms with E-state index in [0.29, 0.717) is 5.37 Å². The van der Waals surface area contributed by atoms with Crippen LogP contribution < -0.4 is 16.0 Å². The topological polar surface area (TPSA) is 53.2 Å². The summed E-state index contributed by atoms with van der Waals surface area (Å²) in [6.07, 6.45) is 2.16. The summed E-state index contributed by atoms with van der Waals surface area (Å²) in [4.78, 5) is 14.8. The van der Waals surface area contributed by atoms with Gasteiger partial charge in [-0.2, -0.15) is 0 Å². The Hall–Kier alpha value is -0.660. The standard InChI is InChI=1S/C14H17N3OS3/c1-7-15-11-9(20-7)5-4-8-12(11)21-14(16-8)17-13(18)10-3-2-6-19-10/h4-5,7,10,14-16H,2-3,6H2,1H3,(H,17,18). The Bertz CT molecular complexity index is 589. The number of hydrogen-bond acceptors (Lipinski definition) is 6. The van der Waals surface area contributed by atoms with E-state index in [2.05, 4.69) is 35.0 Å². The van der Waals surface area contributed by atoms with E-state index < -0.39 is 0 Å². The summed E-state index contributed by atoms with van der Waals surface area (Å²) in [5.41, 5.74) is 2.28. The van der Waals surface area contributed by atoms with Crippen molar-refractivity contribution in [2.45, 2.75) is 45.7 Å². The number of fused-ring (bicyclic) bond motifs is 3. The molecular formula is C14H17N3OS3. The molecule has 3 N–H and O–H groups in total. The van der Waals surface area contributed by atoms with Gasteiger partial charge < -0.3 is 16.0 Å². The summed E-state index contributed by atoms with van der Waals surface area (Å²) < 4.78 is 0.